The number of aryl methyl sites for hydroxylation is 1. The lowest BCUT2D eigenvalue weighted by molar-refractivity contribution is -0.123. The Kier molecular flexibility index (Phi) is 6.90. The Morgan fingerprint density at radius 2 is 1.91 bits per heavy atom. The molecule has 1 N–H and O–H groups in total. The molecule has 1 aliphatic rings. The summed E-state index contributed by atoms with van der Waals surface area (Å²) < 4.78 is 5.50. The minimum absolute atomic E-state index is 0.0322. The van der Waals surface area contributed by atoms with Crippen LogP contribution in [0.1, 0.15) is 32.3 Å². The number of rotatable bonds is 7. The number of amides is 1. The fourth-order valence-electron chi connectivity index (χ4n) is 2.98. The van der Waals surface area contributed by atoms with E-state index < -0.39 is 0 Å². The lowest BCUT2D eigenvalue weighted by atomic mass is 9.96. The number of ether oxygens (including phenoxy) is 1. The number of nitrogens with zero attached hydrogens (tertiary/aromatic N) is 1. The first kappa shape index (κ1) is 17.8. The molecule has 4 heteroatoms. The first-order valence-electron chi connectivity index (χ1n) is 8.71. The van der Waals surface area contributed by atoms with Crippen LogP contribution >= 0.6 is 0 Å². The largest absolute Gasteiger partial charge is 0.484 e. The Labute approximate surface area is 140 Å². The first-order valence-corrected chi connectivity index (χ1v) is 8.71. The van der Waals surface area contributed by atoms with E-state index in [0.717, 1.165) is 31.3 Å². The van der Waals surface area contributed by atoms with Crippen LogP contribution in [-0.2, 0) is 4.79 Å². The molecule has 0 aliphatic carbocycles. The molecule has 1 saturated heterocycles. The number of benzene rings is 1. The van der Waals surface area contributed by atoms with Crippen molar-refractivity contribution in [3.8, 4) is 5.75 Å². The molecule has 4 nitrogen and oxygen atoms in total. The molecular weight excluding hydrogens is 288 g/mol. The van der Waals surface area contributed by atoms with Crippen LogP contribution < -0.4 is 10.1 Å². The van der Waals surface area contributed by atoms with Crippen LogP contribution in [-0.4, -0.2) is 43.6 Å². The molecule has 0 aromatic heterocycles. The highest BCUT2D eigenvalue weighted by Gasteiger charge is 2.20. The van der Waals surface area contributed by atoms with Crippen molar-refractivity contribution in [3.63, 3.8) is 0 Å². The van der Waals surface area contributed by atoms with Crippen LogP contribution in [0.15, 0.2) is 24.3 Å². The quantitative estimate of drug-likeness (QED) is 0.840. The molecule has 0 bridgehead atoms. The molecule has 0 radical (unpaired) electrons. The second kappa shape index (κ2) is 8.92. The van der Waals surface area contributed by atoms with Crippen molar-refractivity contribution in [1.29, 1.82) is 0 Å². The smallest absolute Gasteiger partial charge is 0.257 e. The van der Waals surface area contributed by atoms with Gasteiger partial charge in [0.25, 0.3) is 5.91 Å². The Morgan fingerprint density at radius 3 is 2.52 bits per heavy atom. The Morgan fingerprint density at radius 1 is 1.26 bits per heavy atom. The molecule has 0 saturated carbocycles. The van der Waals surface area contributed by atoms with Crippen molar-refractivity contribution < 1.29 is 9.53 Å². The number of likely N-dealkylation sites (tertiary alicyclic amines) is 1. The van der Waals surface area contributed by atoms with Crippen molar-refractivity contribution in [1.82, 2.24) is 10.2 Å². The van der Waals surface area contributed by atoms with E-state index in [-0.39, 0.29) is 12.5 Å². The van der Waals surface area contributed by atoms with Crippen molar-refractivity contribution in [2.24, 2.45) is 11.8 Å². The van der Waals surface area contributed by atoms with E-state index >= 15 is 0 Å². The van der Waals surface area contributed by atoms with E-state index in [1.807, 2.05) is 31.2 Å². The van der Waals surface area contributed by atoms with Gasteiger partial charge >= 0.3 is 0 Å². The Balaban J connectivity index is 1.60. The average Bonchev–Trinajstić information content (AvgIpc) is 2.53. The molecule has 2 rings (SSSR count). The number of hydrogen-bond acceptors (Lipinski definition) is 3. The lowest BCUT2D eigenvalue weighted by Gasteiger charge is -2.33. The van der Waals surface area contributed by atoms with E-state index in [4.69, 9.17) is 4.74 Å². The van der Waals surface area contributed by atoms with E-state index in [0.29, 0.717) is 5.92 Å². The molecule has 0 spiro atoms. The van der Waals surface area contributed by atoms with Gasteiger partial charge in [-0.15, -0.1) is 0 Å². The fraction of sp³-hybridized carbons (Fsp3) is 0.632. The average molecular weight is 318 g/mol. The highest BCUT2D eigenvalue weighted by Crippen LogP contribution is 2.17. The standard InChI is InChI=1S/C19H30N2O2/c1-15(2)13-21-10-8-17(9-11-21)12-20-19(22)14-23-18-6-4-16(3)5-7-18/h4-7,15,17H,8-14H2,1-3H3,(H,20,22). The van der Waals surface area contributed by atoms with Gasteiger partial charge in [-0.25, -0.2) is 0 Å². The van der Waals surface area contributed by atoms with Gasteiger partial charge < -0.3 is 15.0 Å². The predicted octanol–water partition coefficient (Wildman–Crippen LogP) is 2.86. The third-order valence-electron chi connectivity index (χ3n) is 4.31. The van der Waals surface area contributed by atoms with Crippen molar-refractivity contribution in [3.05, 3.63) is 29.8 Å². The Hall–Kier alpha value is -1.55. The molecule has 1 fully saturated rings. The van der Waals surface area contributed by atoms with E-state index in [1.165, 1.54) is 24.9 Å². The van der Waals surface area contributed by atoms with Crippen LogP contribution in [0.25, 0.3) is 0 Å². The zero-order valence-electron chi connectivity index (χ0n) is 14.7. The molecular formula is C19H30N2O2. The zero-order valence-corrected chi connectivity index (χ0v) is 14.7. The van der Waals surface area contributed by atoms with E-state index in [1.54, 1.807) is 0 Å². The molecule has 128 valence electrons. The lowest BCUT2D eigenvalue weighted by Crippen LogP contribution is -2.40. The molecule has 1 aromatic rings. The SMILES string of the molecule is Cc1ccc(OCC(=O)NCC2CCN(CC(C)C)CC2)cc1. The number of carbonyl (C=O) groups is 1. The molecule has 1 aliphatic heterocycles. The van der Waals surface area contributed by atoms with Crippen molar-refractivity contribution >= 4 is 5.91 Å². The second-order valence-corrected chi connectivity index (χ2v) is 7.04. The fourth-order valence-corrected chi connectivity index (χ4v) is 2.98. The van der Waals surface area contributed by atoms with E-state index in [2.05, 4.69) is 24.1 Å². The minimum atomic E-state index is -0.0322. The van der Waals surface area contributed by atoms with Gasteiger partial charge in [-0.2, -0.15) is 0 Å². The summed E-state index contributed by atoms with van der Waals surface area (Å²) in [6.07, 6.45) is 2.34. The summed E-state index contributed by atoms with van der Waals surface area (Å²) in [7, 11) is 0. The number of hydrogen-bond donors (Lipinski definition) is 1. The molecule has 0 atom stereocenters. The third kappa shape index (κ3) is 6.61. The summed E-state index contributed by atoms with van der Waals surface area (Å²) in [6, 6.07) is 7.76. The number of piperidine rings is 1. The summed E-state index contributed by atoms with van der Waals surface area (Å²) in [5.74, 6) is 2.04. The molecule has 1 aromatic carbocycles. The van der Waals surface area contributed by atoms with Gasteiger partial charge in [0, 0.05) is 13.1 Å². The van der Waals surface area contributed by atoms with Crippen LogP contribution in [0.3, 0.4) is 0 Å². The zero-order chi connectivity index (χ0) is 16.7. The van der Waals surface area contributed by atoms with Gasteiger partial charge in [-0.05, 0) is 56.8 Å². The highest BCUT2D eigenvalue weighted by atomic mass is 16.5. The van der Waals surface area contributed by atoms with Crippen molar-refractivity contribution in [2.45, 2.75) is 33.6 Å². The van der Waals surface area contributed by atoms with Crippen LogP contribution in [0, 0.1) is 18.8 Å². The maximum Gasteiger partial charge on any atom is 0.257 e. The highest BCUT2D eigenvalue weighted by molar-refractivity contribution is 5.77. The maximum atomic E-state index is 11.9. The number of nitrogens with one attached hydrogen (secondary N) is 1. The molecule has 1 heterocycles. The molecule has 1 amide bonds. The van der Waals surface area contributed by atoms with Crippen LogP contribution in [0.5, 0.6) is 5.75 Å². The van der Waals surface area contributed by atoms with Crippen molar-refractivity contribution in [2.75, 3.05) is 32.8 Å². The summed E-state index contributed by atoms with van der Waals surface area (Å²) in [5.41, 5.74) is 1.19. The summed E-state index contributed by atoms with van der Waals surface area (Å²) in [6.45, 7) is 10.9. The van der Waals surface area contributed by atoms with Gasteiger partial charge in [-0.3, -0.25) is 4.79 Å². The summed E-state index contributed by atoms with van der Waals surface area (Å²) in [4.78, 5) is 14.4. The maximum absolute atomic E-state index is 11.9. The van der Waals surface area contributed by atoms with Crippen LogP contribution in [0.4, 0.5) is 0 Å². The van der Waals surface area contributed by atoms with Gasteiger partial charge in [0.15, 0.2) is 6.61 Å². The van der Waals surface area contributed by atoms with Gasteiger partial charge in [0.1, 0.15) is 5.75 Å². The topological polar surface area (TPSA) is 41.6 Å². The third-order valence-corrected chi connectivity index (χ3v) is 4.31. The normalized spacial score (nSPS) is 16.5. The summed E-state index contributed by atoms with van der Waals surface area (Å²) >= 11 is 0. The second-order valence-electron chi connectivity index (χ2n) is 7.04. The van der Waals surface area contributed by atoms with Crippen LogP contribution in [0.2, 0.25) is 0 Å². The predicted molar refractivity (Wildman–Crippen MR) is 93.7 cm³/mol. The molecule has 23 heavy (non-hydrogen) atoms. The molecule has 0 unspecified atom stereocenters. The van der Waals surface area contributed by atoms with E-state index in [9.17, 15) is 4.79 Å². The van der Waals surface area contributed by atoms with Gasteiger partial charge in [-0.1, -0.05) is 31.5 Å². The number of carbonyl (C=O) groups excluding carboxylic acids is 1. The van der Waals surface area contributed by atoms with Gasteiger partial charge in [0.05, 0.1) is 0 Å². The first-order chi connectivity index (χ1) is 11.0. The Bertz CT molecular complexity index is 477. The minimum Gasteiger partial charge on any atom is -0.484 e. The summed E-state index contributed by atoms with van der Waals surface area (Å²) in [5, 5.41) is 3.01. The monoisotopic (exact) mass is 318 g/mol. The van der Waals surface area contributed by atoms with Gasteiger partial charge in [0.2, 0.25) is 0 Å².